The van der Waals surface area contributed by atoms with E-state index < -0.39 is 12.7 Å². The highest BCUT2D eigenvalue weighted by Crippen LogP contribution is 2.29. The van der Waals surface area contributed by atoms with Crippen molar-refractivity contribution in [3.05, 3.63) is 0 Å². The van der Waals surface area contributed by atoms with E-state index in [9.17, 15) is 18.0 Å². The van der Waals surface area contributed by atoms with Gasteiger partial charge in [0.1, 0.15) is 0 Å². The lowest BCUT2D eigenvalue weighted by Gasteiger charge is -2.25. The average molecular weight is 267 g/mol. The second-order valence-electron chi connectivity index (χ2n) is 4.71. The molecule has 0 heterocycles. The summed E-state index contributed by atoms with van der Waals surface area (Å²) in [5.41, 5.74) is 5.32. The summed E-state index contributed by atoms with van der Waals surface area (Å²) < 4.78 is 37.1. The Labute approximate surface area is 105 Å². The molecule has 106 valence electrons. The molecule has 1 saturated carbocycles. The number of carbonyl (C=O) groups excluding carboxylic acids is 1. The van der Waals surface area contributed by atoms with E-state index in [4.69, 9.17) is 5.73 Å². The quantitative estimate of drug-likeness (QED) is 0.743. The Morgan fingerprint density at radius 1 is 1.39 bits per heavy atom. The molecule has 1 fully saturated rings. The molecule has 1 amide bonds. The Morgan fingerprint density at radius 2 is 2.00 bits per heavy atom. The summed E-state index contributed by atoms with van der Waals surface area (Å²) in [6.07, 6.45) is -2.10. The highest BCUT2D eigenvalue weighted by atomic mass is 19.4. The first kappa shape index (κ1) is 15.2. The first-order valence-electron chi connectivity index (χ1n) is 6.08. The summed E-state index contributed by atoms with van der Waals surface area (Å²) >= 11 is 0. The van der Waals surface area contributed by atoms with Crippen LogP contribution in [0.4, 0.5) is 13.2 Å². The first-order chi connectivity index (χ1) is 8.33. The third-order valence-corrected chi connectivity index (χ3v) is 2.91. The molecule has 4 nitrogen and oxygen atoms in total. The summed E-state index contributed by atoms with van der Waals surface area (Å²) in [6, 6.07) is -0.0847. The lowest BCUT2D eigenvalue weighted by molar-refractivity contribution is -0.152. The summed E-state index contributed by atoms with van der Waals surface area (Å²) in [6.45, 7) is -0.217. The van der Waals surface area contributed by atoms with Gasteiger partial charge < -0.3 is 10.6 Å². The number of likely N-dealkylation sites (N-methyl/N-ethyl adjacent to an activating group) is 1. The van der Waals surface area contributed by atoms with Crippen molar-refractivity contribution >= 4 is 5.91 Å². The molecule has 0 aromatic heterocycles. The first-order valence-corrected chi connectivity index (χ1v) is 6.08. The van der Waals surface area contributed by atoms with Crippen LogP contribution < -0.4 is 5.73 Å². The predicted octanol–water partition coefficient (Wildman–Crippen LogP) is 0.820. The zero-order valence-electron chi connectivity index (χ0n) is 10.5. The molecule has 0 saturated heterocycles. The number of hydrogen-bond acceptors (Lipinski definition) is 3. The molecule has 0 unspecified atom stereocenters. The minimum absolute atomic E-state index is 0.0847. The topological polar surface area (TPSA) is 49.6 Å². The predicted molar refractivity (Wildman–Crippen MR) is 62.0 cm³/mol. The van der Waals surface area contributed by atoms with E-state index in [1.54, 1.807) is 7.05 Å². The van der Waals surface area contributed by atoms with Crippen molar-refractivity contribution < 1.29 is 18.0 Å². The molecule has 1 aliphatic carbocycles. The molecule has 0 aliphatic heterocycles. The Hall–Kier alpha value is -0.820. The van der Waals surface area contributed by atoms with Crippen molar-refractivity contribution in [1.82, 2.24) is 9.80 Å². The van der Waals surface area contributed by atoms with Crippen LogP contribution in [0, 0.1) is 0 Å². The van der Waals surface area contributed by atoms with E-state index in [1.165, 1.54) is 9.80 Å². The number of hydrogen-bond donors (Lipinski definition) is 1. The molecule has 0 radical (unpaired) electrons. The normalized spacial score (nSPS) is 16.1. The molecule has 0 bridgehead atoms. The minimum Gasteiger partial charge on any atom is -0.345 e. The number of carbonyl (C=O) groups is 1. The van der Waals surface area contributed by atoms with Crippen LogP contribution in [0.3, 0.4) is 0 Å². The third-order valence-electron chi connectivity index (χ3n) is 2.91. The highest BCUT2D eigenvalue weighted by molar-refractivity contribution is 5.78. The van der Waals surface area contributed by atoms with E-state index in [1.807, 2.05) is 0 Å². The standard InChI is InChI=1S/C11H20F3N3O/c1-16(6-2-5-15)10(18)7-17(9-3-4-9)8-11(12,13)14/h9H,2-8,15H2,1H3. The summed E-state index contributed by atoms with van der Waals surface area (Å²) in [7, 11) is 1.59. The van der Waals surface area contributed by atoms with Crippen molar-refractivity contribution in [2.24, 2.45) is 5.73 Å². The van der Waals surface area contributed by atoms with Gasteiger partial charge in [0.25, 0.3) is 0 Å². The number of rotatable bonds is 7. The van der Waals surface area contributed by atoms with E-state index >= 15 is 0 Å². The fourth-order valence-corrected chi connectivity index (χ4v) is 1.73. The van der Waals surface area contributed by atoms with Gasteiger partial charge in [-0.3, -0.25) is 9.69 Å². The van der Waals surface area contributed by atoms with Crippen LogP contribution in [0.15, 0.2) is 0 Å². The van der Waals surface area contributed by atoms with Gasteiger partial charge in [0, 0.05) is 19.6 Å². The number of halogens is 3. The molecule has 0 atom stereocenters. The van der Waals surface area contributed by atoms with E-state index in [-0.39, 0.29) is 18.5 Å². The summed E-state index contributed by atoms with van der Waals surface area (Å²) in [5, 5.41) is 0. The minimum atomic E-state index is -4.25. The summed E-state index contributed by atoms with van der Waals surface area (Å²) in [4.78, 5) is 14.4. The molecule has 7 heteroatoms. The van der Waals surface area contributed by atoms with Crippen molar-refractivity contribution in [3.8, 4) is 0 Å². The largest absolute Gasteiger partial charge is 0.401 e. The lowest BCUT2D eigenvalue weighted by atomic mass is 10.3. The maximum Gasteiger partial charge on any atom is 0.401 e. The maximum absolute atomic E-state index is 12.4. The van der Waals surface area contributed by atoms with Crippen LogP contribution in [0.1, 0.15) is 19.3 Å². The smallest absolute Gasteiger partial charge is 0.345 e. The van der Waals surface area contributed by atoms with Crippen LogP contribution in [-0.2, 0) is 4.79 Å². The van der Waals surface area contributed by atoms with E-state index in [2.05, 4.69) is 0 Å². The summed E-state index contributed by atoms with van der Waals surface area (Å²) in [5.74, 6) is -0.278. The fourth-order valence-electron chi connectivity index (χ4n) is 1.73. The molecular weight excluding hydrogens is 247 g/mol. The van der Waals surface area contributed by atoms with Crippen LogP contribution in [-0.4, -0.2) is 61.2 Å². The SMILES string of the molecule is CN(CCCN)C(=O)CN(CC(F)(F)F)C1CC1. The molecule has 0 aromatic carbocycles. The van der Waals surface area contributed by atoms with Crippen LogP contribution in [0.5, 0.6) is 0 Å². The highest BCUT2D eigenvalue weighted by Gasteiger charge is 2.39. The van der Waals surface area contributed by atoms with Crippen LogP contribution >= 0.6 is 0 Å². The van der Waals surface area contributed by atoms with Gasteiger partial charge in [0.05, 0.1) is 13.1 Å². The molecule has 0 aromatic rings. The Bertz CT molecular complexity index is 279. The third kappa shape index (κ3) is 5.68. The Morgan fingerprint density at radius 3 is 2.44 bits per heavy atom. The van der Waals surface area contributed by atoms with Gasteiger partial charge in [-0.25, -0.2) is 0 Å². The average Bonchev–Trinajstić information content (AvgIpc) is 3.06. The Balaban J connectivity index is 2.43. The van der Waals surface area contributed by atoms with Gasteiger partial charge in [0.2, 0.25) is 5.91 Å². The fraction of sp³-hybridized carbons (Fsp3) is 0.909. The van der Waals surface area contributed by atoms with Crippen molar-refractivity contribution in [1.29, 1.82) is 0 Å². The zero-order valence-corrected chi connectivity index (χ0v) is 10.5. The number of nitrogens with zero attached hydrogens (tertiary/aromatic N) is 2. The second-order valence-corrected chi connectivity index (χ2v) is 4.71. The number of alkyl halides is 3. The van der Waals surface area contributed by atoms with Gasteiger partial charge in [-0.05, 0) is 25.8 Å². The van der Waals surface area contributed by atoms with Gasteiger partial charge in [-0.15, -0.1) is 0 Å². The van der Waals surface area contributed by atoms with Crippen molar-refractivity contribution in [2.75, 3.05) is 33.2 Å². The van der Waals surface area contributed by atoms with Gasteiger partial charge >= 0.3 is 6.18 Å². The van der Waals surface area contributed by atoms with Crippen molar-refractivity contribution in [3.63, 3.8) is 0 Å². The van der Waals surface area contributed by atoms with Gasteiger partial charge in [-0.1, -0.05) is 0 Å². The molecular formula is C11H20F3N3O. The van der Waals surface area contributed by atoms with Gasteiger partial charge in [0.15, 0.2) is 0 Å². The zero-order chi connectivity index (χ0) is 13.8. The molecule has 0 spiro atoms. The number of amides is 1. The van der Waals surface area contributed by atoms with E-state index in [0.29, 0.717) is 19.5 Å². The van der Waals surface area contributed by atoms with Crippen LogP contribution in [0.25, 0.3) is 0 Å². The van der Waals surface area contributed by atoms with Crippen molar-refractivity contribution in [2.45, 2.75) is 31.5 Å². The second kappa shape index (κ2) is 6.38. The lowest BCUT2D eigenvalue weighted by Crippen LogP contribution is -2.44. The van der Waals surface area contributed by atoms with E-state index in [0.717, 1.165) is 12.8 Å². The van der Waals surface area contributed by atoms with Crippen LogP contribution in [0.2, 0.25) is 0 Å². The Kier molecular flexibility index (Phi) is 5.40. The maximum atomic E-state index is 12.4. The van der Waals surface area contributed by atoms with Gasteiger partial charge in [-0.2, -0.15) is 13.2 Å². The molecule has 1 rings (SSSR count). The number of nitrogens with two attached hydrogens (primary N) is 1. The molecule has 18 heavy (non-hydrogen) atoms. The molecule has 2 N–H and O–H groups in total. The monoisotopic (exact) mass is 267 g/mol. The molecule has 1 aliphatic rings.